The number of aliphatic hydroxyl groups is 1. The van der Waals surface area contributed by atoms with Gasteiger partial charge in [0.2, 0.25) is 0 Å². The fourth-order valence-electron chi connectivity index (χ4n) is 1.03. The second kappa shape index (κ2) is 5.12. The zero-order valence-electron chi connectivity index (χ0n) is 7.44. The van der Waals surface area contributed by atoms with Crippen LogP contribution in [0.5, 0.6) is 0 Å². The van der Waals surface area contributed by atoms with Gasteiger partial charge in [0, 0.05) is 0 Å². The van der Waals surface area contributed by atoms with Gasteiger partial charge in [-0.2, -0.15) is 0 Å². The predicted molar refractivity (Wildman–Crippen MR) is 48.9 cm³/mol. The molecule has 1 aliphatic rings. The van der Waals surface area contributed by atoms with Crippen LogP contribution in [0.4, 0.5) is 0 Å². The molecule has 1 rings (SSSR count). The quantitative estimate of drug-likeness (QED) is 0.691. The van der Waals surface area contributed by atoms with Crippen LogP contribution in [0.15, 0.2) is 24.3 Å². The van der Waals surface area contributed by atoms with Gasteiger partial charge in [0.05, 0.1) is 18.8 Å². The van der Waals surface area contributed by atoms with Crippen molar-refractivity contribution >= 4 is 0 Å². The van der Waals surface area contributed by atoms with Crippen LogP contribution >= 0.6 is 0 Å². The Bertz CT molecular complexity index is 173. The molecule has 2 nitrogen and oxygen atoms in total. The van der Waals surface area contributed by atoms with E-state index < -0.39 is 0 Å². The molecule has 12 heavy (non-hydrogen) atoms. The van der Waals surface area contributed by atoms with Gasteiger partial charge in [-0.05, 0) is 12.8 Å². The maximum Gasteiger partial charge on any atom is 0.0794 e. The Morgan fingerprint density at radius 1 is 1.58 bits per heavy atom. The third kappa shape index (κ3) is 3.20. The highest BCUT2D eigenvalue weighted by atomic mass is 16.5. The highest BCUT2D eigenvalue weighted by Crippen LogP contribution is 2.08. The topological polar surface area (TPSA) is 29.5 Å². The molecule has 68 valence electrons. The van der Waals surface area contributed by atoms with Gasteiger partial charge in [0.1, 0.15) is 0 Å². The molecule has 0 saturated heterocycles. The second-order valence-electron chi connectivity index (χ2n) is 2.98. The zero-order valence-corrected chi connectivity index (χ0v) is 7.44. The third-order valence-corrected chi connectivity index (χ3v) is 1.92. The van der Waals surface area contributed by atoms with Gasteiger partial charge in [-0.1, -0.05) is 31.2 Å². The SMILES string of the molecule is CCC(O)COC1C=CC=CC1. The third-order valence-electron chi connectivity index (χ3n) is 1.92. The van der Waals surface area contributed by atoms with Crippen molar-refractivity contribution < 1.29 is 9.84 Å². The lowest BCUT2D eigenvalue weighted by atomic mass is 10.1. The predicted octanol–water partition coefficient (Wildman–Crippen LogP) is 1.66. The van der Waals surface area contributed by atoms with Crippen LogP contribution in [0, 0.1) is 0 Å². The fraction of sp³-hybridized carbons (Fsp3) is 0.600. The normalized spacial score (nSPS) is 24.3. The van der Waals surface area contributed by atoms with E-state index in [0.29, 0.717) is 6.61 Å². The van der Waals surface area contributed by atoms with Crippen LogP contribution < -0.4 is 0 Å². The molecule has 0 spiro atoms. The van der Waals surface area contributed by atoms with Crippen LogP contribution in [0.3, 0.4) is 0 Å². The van der Waals surface area contributed by atoms with E-state index in [-0.39, 0.29) is 12.2 Å². The molecule has 0 aromatic rings. The average Bonchev–Trinajstić information content (AvgIpc) is 2.16. The van der Waals surface area contributed by atoms with Gasteiger partial charge < -0.3 is 9.84 Å². The number of ether oxygens (including phenoxy) is 1. The Morgan fingerprint density at radius 3 is 3.00 bits per heavy atom. The summed E-state index contributed by atoms with van der Waals surface area (Å²) in [4.78, 5) is 0. The summed E-state index contributed by atoms with van der Waals surface area (Å²) in [6.07, 6.45) is 9.60. The van der Waals surface area contributed by atoms with Crippen molar-refractivity contribution in [2.24, 2.45) is 0 Å². The molecular weight excluding hydrogens is 152 g/mol. The molecule has 1 N–H and O–H groups in total. The number of aliphatic hydroxyl groups excluding tert-OH is 1. The number of rotatable bonds is 4. The molecule has 0 saturated carbocycles. The molecule has 2 heteroatoms. The molecule has 2 atom stereocenters. The van der Waals surface area contributed by atoms with Gasteiger partial charge in [-0.15, -0.1) is 0 Å². The smallest absolute Gasteiger partial charge is 0.0794 e. The molecule has 0 fully saturated rings. The molecule has 0 radical (unpaired) electrons. The highest BCUT2D eigenvalue weighted by molar-refractivity contribution is 5.11. The van der Waals surface area contributed by atoms with Gasteiger partial charge in [0.25, 0.3) is 0 Å². The number of allylic oxidation sites excluding steroid dienone is 2. The van der Waals surface area contributed by atoms with Gasteiger partial charge >= 0.3 is 0 Å². The summed E-state index contributed by atoms with van der Waals surface area (Å²) < 4.78 is 5.45. The summed E-state index contributed by atoms with van der Waals surface area (Å²) >= 11 is 0. The first-order chi connectivity index (χ1) is 5.83. The van der Waals surface area contributed by atoms with Crippen molar-refractivity contribution in [1.82, 2.24) is 0 Å². The van der Waals surface area contributed by atoms with E-state index in [1.54, 1.807) is 0 Å². The second-order valence-corrected chi connectivity index (χ2v) is 2.98. The van der Waals surface area contributed by atoms with E-state index in [4.69, 9.17) is 4.74 Å². The van der Waals surface area contributed by atoms with E-state index in [9.17, 15) is 5.11 Å². The summed E-state index contributed by atoms with van der Waals surface area (Å²) in [5.41, 5.74) is 0. The van der Waals surface area contributed by atoms with E-state index in [0.717, 1.165) is 12.8 Å². The van der Waals surface area contributed by atoms with Crippen molar-refractivity contribution in [2.45, 2.75) is 32.0 Å². The van der Waals surface area contributed by atoms with Gasteiger partial charge in [-0.25, -0.2) is 0 Å². The Morgan fingerprint density at radius 2 is 2.42 bits per heavy atom. The molecule has 1 aliphatic carbocycles. The zero-order chi connectivity index (χ0) is 8.81. The largest absolute Gasteiger partial charge is 0.391 e. The summed E-state index contributed by atoms with van der Waals surface area (Å²) in [5, 5.41) is 9.22. The minimum atomic E-state index is -0.315. The molecular formula is C10H16O2. The average molecular weight is 168 g/mol. The van der Waals surface area contributed by atoms with E-state index in [1.807, 2.05) is 25.2 Å². The van der Waals surface area contributed by atoms with Gasteiger partial charge in [-0.3, -0.25) is 0 Å². The lowest BCUT2D eigenvalue weighted by molar-refractivity contribution is 0.00929. The highest BCUT2D eigenvalue weighted by Gasteiger charge is 2.07. The van der Waals surface area contributed by atoms with Crippen molar-refractivity contribution in [3.05, 3.63) is 24.3 Å². The van der Waals surface area contributed by atoms with Crippen molar-refractivity contribution in [1.29, 1.82) is 0 Å². The fourth-order valence-corrected chi connectivity index (χ4v) is 1.03. The number of hydrogen-bond donors (Lipinski definition) is 1. The molecule has 0 bridgehead atoms. The molecule has 0 amide bonds. The molecule has 0 aromatic carbocycles. The Hall–Kier alpha value is -0.600. The number of hydrogen-bond acceptors (Lipinski definition) is 2. The van der Waals surface area contributed by atoms with Crippen molar-refractivity contribution in [2.75, 3.05) is 6.61 Å². The Labute approximate surface area is 73.5 Å². The Kier molecular flexibility index (Phi) is 4.05. The Balaban J connectivity index is 2.15. The standard InChI is InChI=1S/C10H16O2/c1-2-9(11)8-12-10-6-4-3-5-7-10/h3-6,9-11H,2,7-8H2,1H3. The first kappa shape index (κ1) is 9.49. The molecule has 0 heterocycles. The minimum Gasteiger partial charge on any atom is -0.391 e. The van der Waals surface area contributed by atoms with E-state index in [1.165, 1.54) is 0 Å². The summed E-state index contributed by atoms with van der Waals surface area (Å²) in [6.45, 7) is 2.39. The minimum absolute atomic E-state index is 0.163. The summed E-state index contributed by atoms with van der Waals surface area (Å²) in [6, 6.07) is 0. The van der Waals surface area contributed by atoms with Crippen LogP contribution in [0.1, 0.15) is 19.8 Å². The van der Waals surface area contributed by atoms with Crippen molar-refractivity contribution in [3.8, 4) is 0 Å². The van der Waals surface area contributed by atoms with Crippen LogP contribution in [-0.4, -0.2) is 23.9 Å². The van der Waals surface area contributed by atoms with Crippen LogP contribution in [-0.2, 0) is 4.74 Å². The van der Waals surface area contributed by atoms with Crippen molar-refractivity contribution in [3.63, 3.8) is 0 Å². The molecule has 0 aromatic heterocycles. The maximum absolute atomic E-state index is 9.22. The first-order valence-electron chi connectivity index (χ1n) is 4.46. The molecule has 2 unspecified atom stereocenters. The van der Waals surface area contributed by atoms with Gasteiger partial charge in [0.15, 0.2) is 0 Å². The summed E-state index contributed by atoms with van der Waals surface area (Å²) in [5.74, 6) is 0. The van der Waals surface area contributed by atoms with E-state index in [2.05, 4.69) is 6.08 Å². The lowest BCUT2D eigenvalue weighted by Crippen LogP contribution is -2.20. The molecule has 0 aliphatic heterocycles. The maximum atomic E-state index is 9.22. The van der Waals surface area contributed by atoms with Crippen LogP contribution in [0.2, 0.25) is 0 Å². The van der Waals surface area contributed by atoms with Crippen LogP contribution in [0.25, 0.3) is 0 Å². The van der Waals surface area contributed by atoms with E-state index >= 15 is 0 Å². The summed E-state index contributed by atoms with van der Waals surface area (Å²) in [7, 11) is 0. The lowest BCUT2D eigenvalue weighted by Gasteiger charge is -2.16. The first-order valence-corrected chi connectivity index (χ1v) is 4.46. The monoisotopic (exact) mass is 168 g/mol.